The number of benzene rings is 1. The van der Waals surface area contributed by atoms with Crippen molar-refractivity contribution in [2.75, 3.05) is 7.11 Å². The topological polar surface area (TPSA) is 52.0 Å². The van der Waals surface area contributed by atoms with Gasteiger partial charge in [0.1, 0.15) is 5.75 Å². The second-order valence-electron chi connectivity index (χ2n) is 4.89. The molecular formula is C17H18N4O. The maximum Gasteiger partial charge on any atom is 0.153 e. The summed E-state index contributed by atoms with van der Waals surface area (Å²) in [6.07, 6.45) is 5.43. The van der Waals surface area contributed by atoms with Crippen LogP contribution in [0.4, 0.5) is 0 Å². The molecule has 3 aromatic rings. The summed E-state index contributed by atoms with van der Waals surface area (Å²) in [4.78, 5) is 4.33. The van der Waals surface area contributed by atoms with Crippen LogP contribution in [-0.2, 0) is 13.1 Å². The summed E-state index contributed by atoms with van der Waals surface area (Å²) in [5, 5.41) is 7.62. The average Bonchev–Trinajstić information content (AvgIpc) is 3.10. The maximum absolute atomic E-state index is 5.35. The third kappa shape index (κ3) is 3.32. The van der Waals surface area contributed by atoms with Crippen LogP contribution in [0.5, 0.6) is 5.75 Å². The first-order chi connectivity index (χ1) is 10.9. The third-order valence-corrected chi connectivity index (χ3v) is 3.39. The number of pyridine rings is 1. The van der Waals surface area contributed by atoms with Crippen LogP contribution >= 0.6 is 0 Å². The molecule has 0 saturated carbocycles. The Morgan fingerprint density at radius 2 is 2.00 bits per heavy atom. The third-order valence-electron chi connectivity index (χ3n) is 3.39. The van der Waals surface area contributed by atoms with Crippen molar-refractivity contribution in [3.8, 4) is 11.6 Å². The molecule has 3 rings (SSSR count). The predicted octanol–water partition coefficient (Wildman–Crippen LogP) is 2.57. The Labute approximate surface area is 129 Å². The average molecular weight is 294 g/mol. The highest BCUT2D eigenvalue weighted by Crippen LogP contribution is 2.17. The van der Waals surface area contributed by atoms with Crippen LogP contribution in [-0.4, -0.2) is 21.9 Å². The molecule has 22 heavy (non-hydrogen) atoms. The molecule has 112 valence electrons. The summed E-state index contributed by atoms with van der Waals surface area (Å²) in [7, 11) is 1.69. The molecule has 0 bridgehead atoms. The Morgan fingerprint density at radius 3 is 2.82 bits per heavy atom. The molecule has 0 spiro atoms. The predicted molar refractivity (Wildman–Crippen MR) is 84.9 cm³/mol. The van der Waals surface area contributed by atoms with Crippen molar-refractivity contribution in [3.05, 3.63) is 72.2 Å². The molecule has 2 aromatic heterocycles. The van der Waals surface area contributed by atoms with Crippen LogP contribution in [0.1, 0.15) is 11.1 Å². The fraction of sp³-hybridized carbons (Fsp3) is 0.176. The van der Waals surface area contributed by atoms with E-state index in [-0.39, 0.29) is 0 Å². The SMILES string of the molecule is COc1ccccc1CNCc1ccnc(-n2cccn2)c1. The fourth-order valence-corrected chi connectivity index (χ4v) is 2.29. The van der Waals surface area contributed by atoms with E-state index >= 15 is 0 Å². The molecule has 0 aliphatic rings. The lowest BCUT2D eigenvalue weighted by Gasteiger charge is -2.10. The number of ether oxygens (including phenoxy) is 1. The summed E-state index contributed by atoms with van der Waals surface area (Å²) in [5.74, 6) is 1.73. The Morgan fingerprint density at radius 1 is 1.09 bits per heavy atom. The van der Waals surface area contributed by atoms with Crippen molar-refractivity contribution >= 4 is 0 Å². The zero-order valence-corrected chi connectivity index (χ0v) is 12.4. The quantitative estimate of drug-likeness (QED) is 0.759. The van der Waals surface area contributed by atoms with E-state index in [1.54, 1.807) is 24.2 Å². The molecule has 0 fully saturated rings. The van der Waals surface area contributed by atoms with Crippen LogP contribution in [0, 0.1) is 0 Å². The Hall–Kier alpha value is -2.66. The molecule has 0 atom stereocenters. The zero-order valence-electron chi connectivity index (χ0n) is 12.4. The largest absolute Gasteiger partial charge is 0.496 e. The van der Waals surface area contributed by atoms with E-state index in [4.69, 9.17) is 4.74 Å². The number of hydrogen-bond donors (Lipinski definition) is 1. The van der Waals surface area contributed by atoms with Gasteiger partial charge in [-0.15, -0.1) is 0 Å². The van der Waals surface area contributed by atoms with E-state index in [9.17, 15) is 0 Å². The van der Waals surface area contributed by atoms with Gasteiger partial charge in [-0.2, -0.15) is 5.10 Å². The number of aromatic nitrogens is 3. The minimum Gasteiger partial charge on any atom is -0.496 e. The number of nitrogens with zero attached hydrogens (tertiary/aromatic N) is 3. The van der Waals surface area contributed by atoms with Gasteiger partial charge in [0.05, 0.1) is 7.11 Å². The second-order valence-corrected chi connectivity index (χ2v) is 4.89. The minimum absolute atomic E-state index is 0.753. The highest BCUT2D eigenvalue weighted by molar-refractivity contribution is 5.33. The van der Waals surface area contributed by atoms with Crippen molar-refractivity contribution < 1.29 is 4.74 Å². The van der Waals surface area contributed by atoms with E-state index < -0.39 is 0 Å². The number of para-hydroxylation sites is 1. The molecule has 1 N–H and O–H groups in total. The first-order valence-electron chi connectivity index (χ1n) is 7.14. The minimum atomic E-state index is 0.753. The summed E-state index contributed by atoms with van der Waals surface area (Å²) in [6, 6.07) is 13.9. The lowest BCUT2D eigenvalue weighted by atomic mass is 10.2. The van der Waals surface area contributed by atoms with E-state index in [2.05, 4.69) is 21.5 Å². The van der Waals surface area contributed by atoms with Gasteiger partial charge in [0.25, 0.3) is 0 Å². The molecule has 0 unspecified atom stereocenters. The van der Waals surface area contributed by atoms with E-state index in [0.717, 1.165) is 35.8 Å². The Kier molecular flexibility index (Phi) is 4.46. The van der Waals surface area contributed by atoms with E-state index in [0.29, 0.717) is 0 Å². The molecule has 1 aromatic carbocycles. The first kappa shape index (κ1) is 14.3. The molecule has 0 aliphatic carbocycles. The monoisotopic (exact) mass is 294 g/mol. The number of methoxy groups -OCH3 is 1. The molecule has 2 heterocycles. The van der Waals surface area contributed by atoms with Gasteiger partial charge in [0, 0.05) is 37.2 Å². The van der Waals surface area contributed by atoms with Crippen LogP contribution in [0.15, 0.2) is 61.1 Å². The van der Waals surface area contributed by atoms with Crippen molar-refractivity contribution in [1.29, 1.82) is 0 Å². The molecular weight excluding hydrogens is 276 g/mol. The lowest BCUT2D eigenvalue weighted by Crippen LogP contribution is -2.13. The highest BCUT2D eigenvalue weighted by Gasteiger charge is 2.03. The highest BCUT2D eigenvalue weighted by atomic mass is 16.5. The van der Waals surface area contributed by atoms with Crippen molar-refractivity contribution in [1.82, 2.24) is 20.1 Å². The van der Waals surface area contributed by atoms with Crippen LogP contribution in [0.25, 0.3) is 5.82 Å². The maximum atomic E-state index is 5.35. The molecule has 0 radical (unpaired) electrons. The van der Waals surface area contributed by atoms with Crippen molar-refractivity contribution in [3.63, 3.8) is 0 Å². The molecule has 5 heteroatoms. The first-order valence-corrected chi connectivity index (χ1v) is 7.14. The van der Waals surface area contributed by atoms with Gasteiger partial charge in [0.2, 0.25) is 0 Å². The lowest BCUT2D eigenvalue weighted by molar-refractivity contribution is 0.407. The smallest absolute Gasteiger partial charge is 0.153 e. The van der Waals surface area contributed by atoms with Gasteiger partial charge in [-0.1, -0.05) is 18.2 Å². The van der Waals surface area contributed by atoms with Crippen LogP contribution < -0.4 is 10.1 Å². The number of hydrogen-bond acceptors (Lipinski definition) is 4. The van der Waals surface area contributed by atoms with Crippen LogP contribution in [0.3, 0.4) is 0 Å². The second kappa shape index (κ2) is 6.87. The summed E-state index contributed by atoms with van der Waals surface area (Å²) < 4.78 is 7.11. The van der Waals surface area contributed by atoms with Gasteiger partial charge in [0.15, 0.2) is 5.82 Å². The van der Waals surface area contributed by atoms with Gasteiger partial charge in [-0.25, -0.2) is 9.67 Å². The number of rotatable bonds is 6. The normalized spacial score (nSPS) is 10.6. The van der Waals surface area contributed by atoms with Gasteiger partial charge >= 0.3 is 0 Å². The summed E-state index contributed by atoms with van der Waals surface area (Å²) in [5.41, 5.74) is 2.31. The van der Waals surface area contributed by atoms with Crippen molar-refractivity contribution in [2.24, 2.45) is 0 Å². The van der Waals surface area contributed by atoms with E-state index in [1.165, 1.54) is 0 Å². The standard InChI is InChI=1S/C17H18N4O/c1-22-16-6-3-2-5-15(16)13-18-12-14-7-9-19-17(11-14)21-10-4-8-20-21/h2-11,18H,12-13H2,1H3. The molecule has 0 saturated heterocycles. The van der Waals surface area contributed by atoms with Gasteiger partial charge in [-0.3, -0.25) is 0 Å². The van der Waals surface area contributed by atoms with Crippen LogP contribution in [0.2, 0.25) is 0 Å². The summed E-state index contributed by atoms with van der Waals surface area (Å²) >= 11 is 0. The van der Waals surface area contributed by atoms with Gasteiger partial charge < -0.3 is 10.1 Å². The zero-order chi connectivity index (χ0) is 15.2. The van der Waals surface area contributed by atoms with Crippen molar-refractivity contribution in [2.45, 2.75) is 13.1 Å². The van der Waals surface area contributed by atoms with E-state index in [1.807, 2.05) is 42.6 Å². The molecule has 5 nitrogen and oxygen atoms in total. The Balaban J connectivity index is 1.63. The molecule has 0 amide bonds. The summed E-state index contributed by atoms with van der Waals surface area (Å²) in [6.45, 7) is 1.51. The Bertz CT molecular complexity index is 725. The molecule has 0 aliphatic heterocycles. The number of nitrogens with one attached hydrogen (secondary N) is 1. The van der Waals surface area contributed by atoms with Gasteiger partial charge in [-0.05, 0) is 29.8 Å². The fourth-order valence-electron chi connectivity index (χ4n) is 2.29.